The van der Waals surface area contributed by atoms with Crippen LogP contribution in [0.3, 0.4) is 0 Å². The molecule has 0 aromatic heterocycles. The number of carbonyl (C=O) groups excluding carboxylic acids is 1. The summed E-state index contributed by atoms with van der Waals surface area (Å²) in [5.74, 6) is -2.60. The van der Waals surface area contributed by atoms with Gasteiger partial charge < -0.3 is 9.84 Å². The number of hydrogen-bond donors (Lipinski definition) is 1. The molecule has 7 nitrogen and oxygen atoms in total. The highest BCUT2D eigenvalue weighted by Gasteiger charge is 2.45. The van der Waals surface area contributed by atoms with Crippen molar-refractivity contribution in [3.63, 3.8) is 0 Å². The zero-order valence-electron chi connectivity index (χ0n) is 10.5. The molecule has 3 atom stereocenters. The van der Waals surface area contributed by atoms with Crippen LogP contribution in [-0.2, 0) is 24.3 Å². The van der Waals surface area contributed by atoms with Crippen molar-refractivity contribution in [3.05, 3.63) is 0 Å². The van der Waals surface area contributed by atoms with Crippen LogP contribution >= 0.6 is 0 Å². The first-order valence-electron chi connectivity index (χ1n) is 5.54. The Morgan fingerprint density at radius 3 is 2.39 bits per heavy atom. The maximum Gasteiger partial charge on any atom is 0.325 e. The number of esters is 1. The first-order chi connectivity index (χ1) is 8.23. The second-order valence-electron chi connectivity index (χ2n) is 4.30. The van der Waals surface area contributed by atoms with Gasteiger partial charge in [0.1, 0.15) is 0 Å². The van der Waals surface area contributed by atoms with Gasteiger partial charge in [0.15, 0.2) is 5.25 Å². The van der Waals surface area contributed by atoms with Crippen molar-refractivity contribution in [2.75, 3.05) is 13.7 Å². The summed E-state index contributed by atoms with van der Waals surface area (Å²) in [5, 5.41) is 7.63. The largest absolute Gasteiger partial charge is 0.481 e. The molecule has 0 bridgehead atoms. The lowest BCUT2D eigenvalue weighted by Crippen LogP contribution is -2.44. The van der Waals surface area contributed by atoms with Crippen molar-refractivity contribution in [1.82, 2.24) is 4.31 Å². The van der Waals surface area contributed by atoms with E-state index >= 15 is 0 Å². The lowest BCUT2D eigenvalue weighted by atomic mass is 10.0. The van der Waals surface area contributed by atoms with Crippen LogP contribution in [0.15, 0.2) is 0 Å². The number of carboxylic acids is 1. The molecule has 1 N–H and O–H groups in total. The van der Waals surface area contributed by atoms with E-state index in [1.807, 2.05) is 0 Å². The summed E-state index contributed by atoms with van der Waals surface area (Å²) < 4.78 is 29.8. The Morgan fingerprint density at radius 2 is 2.00 bits per heavy atom. The third-order valence-electron chi connectivity index (χ3n) is 3.32. The van der Waals surface area contributed by atoms with Crippen molar-refractivity contribution in [2.45, 2.75) is 31.6 Å². The Morgan fingerprint density at radius 1 is 1.44 bits per heavy atom. The minimum Gasteiger partial charge on any atom is -0.481 e. The summed E-state index contributed by atoms with van der Waals surface area (Å²) in [6.07, 6.45) is 0.254. The third kappa shape index (κ3) is 2.49. The van der Waals surface area contributed by atoms with Crippen molar-refractivity contribution >= 4 is 22.0 Å². The number of rotatable bonds is 4. The van der Waals surface area contributed by atoms with Crippen molar-refractivity contribution < 1.29 is 27.9 Å². The van der Waals surface area contributed by atoms with E-state index in [1.54, 1.807) is 0 Å². The molecule has 18 heavy (non-hydrogen) atoms. The van der Waals surface area contributed by atoms with Crippen LogP contribution in [0.4, 0.5) is 0 Å². The Kier molecular flexibility index (Phi) is 4.33. The van der Waals surface area contributed by atoms with Gasteiger partial charge in [-0.1, -0.05) is 0 Å². The minimum atomic E-state index is -3.87. The van der Waals surface area contributed by atoms with E-state index in [9.17, 15) is 18.0 Å². The van der Waals surface area contributed by atoms with Crippen LogP contribution in [0.5, 0.6) is 0 Å². The Hall–Kier alpha value is -1.15. The first kappa shape index (κ1) is 14.9. The average molecular weight is 279 g/mol. The highest BCUT2D eigenvalue weighted by Crippen LogP contribution is 2.28. The molecule has 1 heterocycles. The first-order valence-corrected chi connectivity index (χ1v) is 7.05. The number of carbonyl (C=O) groups is 2. The van der Waals surface area contributed by atoms with E-state index in [0.717, 1.165) is 11.4 Å². The maximum absolute atomic E-state index is 12.1. The molecule has 8 heteroatoms. The number of sulfonamides is 1. The molecule has 0 aromatic rings. The molecule has 0 amide bonds. The smallest absolute Gasteiger partial charge is 0.325 e. The molecule has 0 aromatic carbocycles. The van der Waals surface area contributed by atoms with Crippen LogP contribution in [0, 0.1) is 5.92 Å². The number of nitrogens with zero attached hydrogens (tertiary/aromatic N) is 1. The van der Waals surface area contributed by atoms with Gasteiger partial charge in [0, 0.05) is 12.6 Å². The highest BCUT2D eigenvalue weighted by atomic mass is 32.2. The Bertz CT molecular complexity index is 445. The minimum absolute atomic E-state index is 0.113. The quantitative estimate of drug-likeness (QED) is 0.707. The Balaban J connectivity index is 2.95. The van der Waals surface area contributed by atoms with E-state index in [2.05, 4.69) is 4.74 Å². The highest BCUT2D eigenvalue weighted by molar-refractivity contribution is 7.90. The number of aliphatic carboxylic acids is 1. The van der Waals surface area contributed by atoms with Gasteiger partial charge in [-0.05, 0) is 20.3 Å². The molecule has 1 aliphatic rings. The second-order valence-corrected chi connectivity index (χ2v) is 6.50. The van der Waals surface area contributed by atoms with Gasteiger partial charge in [0.2, 0.25) is 10.0 Å². The summed E-state index contributed by atoms with van der Waals surface area (Å²) in [7, 11) is -2.76. The molecule has 0 saturated carbocycles. The normalized spacial score (nSPS) is 26.8. The van der Waals surface area contributed by atoms with Crippen LogP contribution < -0.4 is 0 Å². The van der Waals surface area contributed by atoms with Crippen LogP contribution in [0.1, 0.15) is 20.3 Å². The molecule has 0 aliphatic carbocycles. The Labute approximate surface area is 106 Å². The lowest BCUT2D eigenvalue weighted by Gasteiger charge is -2.25. The summed E-state index contributed by atoms with van der Waals surface area (Å²) >= 11 is 0. The van der Waals surface area contributed by atoms with E-state index in [1.165, 1.54) is 13.8 Å². The third-order valence-corrected chi connectivity index (χ3v) is 5.58. The van der Waals surface area contributed by atoms with Crippen molar-refractivity contribution in [1.29, 1.82) is 0 Å². The van der Waals surface area contributed by atoms with Gasteiger partial charge in [-0.2, -0.15) is 4.31 Å². The predicted octanol–water partition coefficient (Wildman–Crippen LogP) is -0.327. The molecule has 104 valence electrons. The number of hydrogen-bond acceptors (Lipinski definition) is 5. The molecule has 1 aliphatic heterocycles. The number of carboxylic acid groups (broad SMARTS) is 1. The fourth-order valence-electron chi connectivity index (χ4n) is 2.09. The molecular weight excluding hydrogens is 262 g/mol. The van der Waals surface area contributed by atoms with Gasteiger partial charge >= 0.3 is 11.9 Å². The van der Waals surface area contributed by atoms with E-state index in [0.29, 0.717) is 0 Å². The van der Waals surface area contributed by atoms with Gasteiger partial charge in [0.25, 0.3) is 0 Å². The molecule has 1 saturated heterocycles. The van der Waals surface area contributed by atoms with Crippen molar-refractivity contribution in [3.8, 4) is 0 Å². The molecule has 3 unspecified atom stereocenters. The van der Waals surface area contributed by atoms with Gasteiger partial charge in [-0.25, -0.2) is 8.42 Å². The standard InChI is InChI=1S/C10H17NO6S/c1-6-8(9(12)13)4-5-11(6)18(15,16)7(2)10(14)17-3/h6-8H,4-5H2,1-3H3,(H,12,13). The SMILES string of the molecule is COC(=O)C(C)S(=O)(=O)N1CCC(C(=O)O)C1C. The fraction of sp³-hybridized carbons (Fsp3) is 0.800. The fourth-order valence-corrected chi connectivity index (χ4v) is 3.81. The number of methoxy groups -OCH3 is 1. The monoisotopic (exact) mass is 279 g/mol. The maximum atomic E-state index is 12.1. The van der Waals surface area contributed by atoms with E-state index < -0.39 is 39.2 Å². The lowest BCUT2D eigenvalue weighted by molar-refractivity contribution is -0.142. The van der Waals surface area contributed by atoms with Crippen LogP contribution in [0.2, 0.25) is 0 Å². The topological polar surface area (TPSA) is 101 Å². The molecule has 0 spiro atoms. The molecule has 0 radical (unpaired) electrons. The summed E-state index contributed by atoms with van der Waals surface area (Å²) in [6.45, 7) is 2.89. The van der Waals surface area contributed by atoms with Crippen molar-refractivity contribution in [2.24, 2.45) is 5.92 Å². The van der Waals surface area contributed by atoms with Crippen LogP contribution in [0.25, 0.3) is 0 Å². The summed E-state index contributed by atoms with van der Waals surface area (Å²) in [4.78, 5) is 22.2. The van der Waals surface area contributed by atoms with Crippen LogP contribution in [-0.4, -0.2) is 54.7 Å². The predicted molar refractivity (Wildman–Crippen MR) is 62.3 cm³/mol. The average Bonchev–Trinajstić information content (AvgIpc) is 2.69. The van der Waals surface area contributed by atoms with Gasteiger partial charge in [0.05, 0.1) is 13.0 Å². The van der Waals surface area contributed by atoms with Gasteiger partial charge in [-0.15, -0.1) is 0 Å². The summed E-state index contributed by atoms with van der Waals surface area (Å²) in [5.41, 5.74) is 0. The number of ether oxygens (including phenoxy) is 1. The summed E-state index contributed by atoms with van der Waals surface area (Å²) in [6, 6.07) is -0.653. The zero-order valence-corrected chi connectivity index (χ0v) is 11.3. The van der Waals surface area contributed by atoms with E-state index in [-0.39, 0.29) is 13.0 Å². The molecule has 1 fully saturated rings. The van der Waals surface area contributed by atoms with E-state index in [4.69, 9.17) is 5.11 Å². The second kappa shape index (κ2) is 5.23. The molecular formula is C10H17NO6S. The van der Waals surface area contributed by atoms with Gasteiger partial charge in [-0.3, -0.25) is 9.59 Å². The zero-order chi connectivity index (χ0) is 14.1. The molecule has 1 rings (SSSR count).